The van der Waals surface area contributed by atoms with E-state index in [4.69, 9.17) is 4.74 Å². The molecule has 3 heterocycles. The van der Waals surface area contributed by atoms with Crippen molar-refractivity contribution in [3.63, 3.8) is 0 Å². The summed E-state index contributed by atoms with van der Waals surface area (Å²) in [5.41, 5.74) is 1.07. The number of nitrogens with one attached hydrogen (secondary N) is 1. The van der Waals surface area contributed by atoms with E-state index in [0.717, 1.165) is 44.3 Å². The van der Waals surface area contributed by atoms with Crippen molar-refractivity contribution >= 4 is 5.82 Å². The van der Waals surface area contributed by atoms with Crippen LogP contribution in [0.1, 0.15) is 31.2 Å². The number of halogens is 2. The molecule has 0 spiro atoms. The fourth-order valence-corrected chi connectivity index (χ4v) is 3.55. The molecule has 1 aliphatic heterocycles. The second-order valence-corrected chi connectivity index (χ2v) is 7.58. The molecule has 2 aliphatic rings. The van der Waals surface area contributed by atoms with Crippen molar-refractivity contribution in [3.8, 4) is 11.6 Å². The third-order valence-corrected chi connectivity index (χ3v) is 5.30. The molecule has 0 bridgehead atoms. The van der Waals surface area contributed by atoms with Gasteiger partial charge in [0.05, 0.1) is 6.61 Å². The molecule has 1 saturated heterocycles. The lowest BCUT2D eigenvalue weighted by atomic mass is 10.0. The van der Waals surface area contributed by atoms with Crippen LogP contribution in [0.15, 0.2) is 36.7 Å². The van der Waals surface area contributed by atoms with Gasteiger partial charge in [0, 0.05) is 25.0 Å². The fourth-order valence-electron chi connectivity index (χ4n) is 3.55. The maximum absolute atomic E-state index is 12.8. The molecular formula is C21H26F2N4O2. The van der Waals surface area contributed by atoms with E-state index in [0.29, 0.717) is 30.9 Å². The van der Waals surface area contributed by atoms with Gasteiger partial charge in [-0.05, 0) is 68.5 Å². The first-order chi connectivity index (χ1) is 14.2. The quantitative estimate of drug-likeness (QED) is 0.689. The third kappa shape index (κ3) is 5.53. The van der Waals surface area contributed by atoms with Crippen molar-refractivity contribution in [2.24, 2.45) is 5.92 Å². The lowest BCUT2D eigenvalue weighted by molar-refractivity contribution is -0.0519. The Morgan fingerprint density at radius 2 is 1.97 bits per heavy atom. The summed E-state index contributed by atoms with van der Waals surface area (Å²) in [5.74, 6) is 1.31. The van der Waals surface area contributed by atoms with Gasteiger partial charge in [-0.25, -0.2) is 0 Å². The van der Waals surface area contributed by atoms with Gasteiger partial charge in [-0.15, -0.1) is 0 Å². The molecule has 6 nitrogen and oxygen atoms in total. The van der Waals surface area contributed by atoms with E-state index < -0.39 is 6.61 Å². The summed E-state index contributed by atoms with van der Waals surface area (Å²) in [4.78, 5) is 11.0. The lowest BCUT2D eigenvalue weighted by Crippen LogP contribution is -2.43. The number of anilines is 1. The van der Waals surface area contributed by atoms with Gasteiger partial charge in [0.1, 0.15) is 5.82 Å². The van der Waals surface area contributed by atoms with Crippen molar-refractivity contribution in [3.05, 3.63) is 42.2 Å². The van der Waals surface area contributed by atoms with Crippen LogP contribution >= 0.6 is 0 Å². The van der Waals surface area contributed by atoms with Gasteiger partial charge >= 0.3 is 6.61 Å². The van der Waals surface area contributed by atoms with Crippen LogP contribution in [0.25, 0.3) is 0 Å². The molecule has 0 aromatic carbocycles. The van der Waals surface area contributed by atoms with E-state index in [9.17, 15) is 8.78 Å². The van der Waals surface area contributed by atoms with Gasteiger partial charge in [-0.2, -0.15) is 13.8 Å². The van der Waals surface area contributed by atoms with Crippen LogP contribution in [0.4, 0.5) is 14.6 Å². The first-order valence-corrected chi connectivity index (χ1v) is 10.1. The highest BCUT2D eigenvalue weighted by Crippen LogP contribution is 2.35. The Hall–Kier alpha value is -2.48. The molecule has 29 heavy (non-hydrogen) atoms. The van der Waals surface area contributed by atoms with E-state index >= 15 is 0 Å². The standard InChI is InChI=1S/C21H26F2N4O2/c22-21(23)29-18-5-6-19(26-20(18)28-14-15-3-4-15)27(17-7-10-24-11-8-17)13-16-2-1-9-25-12-16/h1-2,5-6,9,12,15,17,21,24H,3-4,7-8,10-11,13-14H2. The summed E-state index contributed by atoms with van der Waals surface area (Å²) in [6, 6.07) is 7.50. The second kappa shape index (κ2) is 9.35. The Balaban J connectivity index is 1.61. The Morgan fingerprint density at radius 1 is 1.14 bits per heavy atom. The van der Waals surface area contributed by atoms with Crippen molar-refractivity contribution in [2.45, 2.75) is 44.9 Å². The van der Waals surface area contributed by atoms with Crippen molar-refractivity contribution in [1.29, 1.82) is 0 Å². The van der Waals surface area contributed by atoms with Gasteiger partial charge in [0.2, 0.25) is 0 Å². The normalized spacial score (nSPS) is 17.3. The molecule has 0 radical (unpaired) electrons. The van der Waals surface area contributed by atoms with Crippen molar-refractivity contribution in [1.82, 2.24) is 15.3 Å². The molecule has 4 rings (SSSR count). The average Bonchev–Trinajstić information content (AvgIpc) is 3.57. The van der Waals surface area contributed by atoms with Gasteiger partial charge in [-0.3, -0.25) is 4.98 Å². The highest BCUT2D eigenvalue weighted by Gasteiger charge is 2.26. The zero-order valence-electron chi connectivity index (χ0n) is 16.3. The molecule has 0 atom stereocenters. The SMILES string of the molecule is FC(F)Oc1ccc(N(Cc2cccnc2)C2CCNCC2)nc1OCC1CC1. The number of ether oxygens (including phenoxy) is 2. The van der Waals surface area contributed by atoms with Crippen LogP contribution in [0.3, 0.4) is 0 Å². The number of nitrogens with zero attached hydrogens (tertiary/aromatic N) is 3. The maximum Gasteiger partial charge on any atom is 0.387 e. The van der Waals surface area contributed by atoms with E-state index in [1.165, 1.54) is 6.07 Å². The summed E-state index contributed by atoms with van der Waals surface area (Å²) in [7, 11) is 0. The Morgan fingerprint density at radius 3 is 2.66 bits per heavy atom. The van der Waals surface area contributed by atoms with Crippen molar-refractivity contribution in [2.75, 3.05) is 24.6 Å². The number of hydrogen-bond acceptors (Lipinski definition) is 6. The molecule has 1 saturated carbocycles. The molecule has 0 amide bonds. The molecule has 1 aliphatic carbocycles. The van der Waals surface area contributed by atoms with Crippen LogP contribution in [0, 0.1) is 5.92 Å². The zero-order chi connectivity index (χ0) is 20.1. The molecule has 156 valence electrons. The Bertz CT molecular complexity index is 784. The highest BCUT2D eigenvalue weighted by atomic mass is 19.3. The highest BCUT2D eigenvalue weighted by molar-refractivity contribution is 5.48. The van der Waals surface area contributed by atoms with Gasteiger partial charge in [0.25, 0.3) is 5.88 Å². The second-order valence-electron chi connectivity index (χ2n) is 7.58. The lowest BCUT2D eigenvalue weighted by Gasteiger charge is -2.36. The first-order valence-electron chi connectivity index (χ1n) is 10.1. The summed E-state index contributed by atoms with van der Waals surface area (Å²) < 4.78 is 36.0. The Kier molecular flexibility index (Phi) is 6.39. The minimum absolute atomic E-state index is 0.0176. The van der Waals surface area contributed by atoms with E-state index in [1.807, 2.05) is 18.3 Å². The molecule has 0 unspecified atom stereocenters. The zero-order valence-corrected chi connectivity index (χ0v) is 16.3. The molecular weight excluding hydrogens is 378 g/mol. The summed E-state index contributed by atoms with van der Waals surface area (Å²) in [5, 5.41) is 3.38. The molecule has 1 N–H and O–H groups in total. The topological polar surface area (TPSA) is 59.5 Å². The van der Waals surface area contributed by atoms with Gasteiger partial charge in [-0.1, -0.05) is 6.07 Å². The van der Waals surface area contributed by atoms with E-state index in [2.05, 4.69) is 24.9 Å². The summed E-state index contributed by atoms with van der Waals surface area (Å²) in [6.07, 6.45) is 7.76. The monoisotopic (exact) mass is 404 g/mol. The van der Waals surface area contributed by atoms with Crippen LogP contribution < -0.4 is 19.7 Å². The summed E-state index contributed by atoms with van der Waals surface area (Å²) >= 11 is 0. The number of hydrogen-bond donors (Lipinski definition) is 1. The molecule has 2 aromatic rings. The Labute approximate surface area is 169 Å². The summed E-state index contributed by atoms with van der Waals surface area (Å²) in [6.45, 7) is 0.0774. The van der Waals surface area contributed by atoms with Crippen LogP contribution in [-0.4, -0.2) is 42.3 Å². The van der Waals surface area contributed by atoms with Crippen LogP contribution in [-0.2, 0) is 6.54 Å². The fraction of sp³-hybridized carbons (Fsp3) is 0.524. The third-order valence-electron chi connectivity index (χ3n) is 5.30. The van der Waals surface area contributed by atoms with Crippen molar-refractivity contribution < 1.29 is 18.3 Å². The average molecular weight is 404 g/mol. The molecule has 8 heteroatoms. The van der Waals surface area contributed by atoms with Gasteiger partial charge < -0.3 is 19.7 Å². The minimum Gasteiger partial charge on any atom is -0.475 e. The molecule has 2 aromatic heterocycles. The minimum atomic E-state index is -2.91. The van der Waals surface area contributed by atoms with Gasteiger partial charge in [0.15, 0.2) is 5.75 Å². The van der Waals surface area contributed by atoms with E-state index in [-0.39, 0.29) is 11.6 Å². The number of rotatable bonds is 9. The van der Waals surface area contributed by atoms with E-state index in [1.54, 1.807) is 12.3 Å². The van der Waals surface area contributed by atoms with Crippen LogP contribution in [0.2, 0.25) is 0 Å². The predicted octanol–water partition coefficient (Wildman–Crippen LogP) is 3.63. The number of alkyl halides is 2. The predicted molar refractivity (Wildman–Crippen MR) is 105 cm³/mol. The molecule has 2 fully saturated rings. The maximum atomic E-state index is 12.8. The smallest absolute Gasteiger partial charge is 0.387 e. The number of piperidine rings is 1. The van der Waals surface area contributed by atoms with Crippen LogP contribution in [0.5, 0.6) is 11.6 Å². The first kappa shape index (κ1) is 19.8. The number of pyridine rings is 2. The largest absolute Gasteiger partial charge is 0.475 e. The number of aromatic nitrogens is 2.